The van der Waals surface area contributed by atoms with Gasteiger partial charge in [-0.05, 0) is 31.6 Å². The first-order valence-electron chi connectivity index (χ1n) is 7.76. The number of likely N-dealkylation sites (tertiary alicyclic amines) is 1. The van der Waals surface area contributed by atoms with Crippen LogP contribution in [0.1, 0.15) is 60.4 Å². The number of nitrogens with zero attached hydrogens (tertiary/aromatic N) is 2. The van der Waals surface area contributed by atoms with Crippen LogP contribution in [0.25, 0.3) is 0 Å². The summed E-state index contributed by atoms with van der Waals surface area (Å²) >= 11 is 1.60. The first-order chi connectivity index (χ1) is 9.51. The molecule has 1 unspecified atom stereocenters. The van der Waals surface area contributed by atoms with Crippen molar-refractivity contribution in [3.8, 4) is 0 Å². The minimum Gasteiger partial charge on any atom is -0.338 e. The molecule has 0 N–H and O–H groups in total. The van der Waals surface area contributed by atoms with Crippen molar-refractivity contribution in [3.05, 3.63) is 15.6 Å². The SMILES string of the molecule is CCC1CCCN(C(=O)c2sc(CC(C)C)nc2C)C1. The molecule has 2 rings (SSSR count). The molecule has 2 heterocycles. The second-order valence-corrected chi connectivity index (χ2v) is 7.37. The van der Waals surface area contributed by atoms with Crippen molar-refractivity contribution in [1.29, 1.82) is 0 Å². The number of piperidine rings is 1. The van der Waals surface area contributed by atoms with Gasteiger partial charge in [-0.1, -0.05) is 27.2 Å². The first-order valence-corrected chi connectivity index (χ1v) is 8.58. The fraction of sp³-hybridized carbons (Fsp3) is 0.750. The number of hydrogen-bond acceptors (Lipinski definition) is 3. The summed E-state index contributed by atoms with van der Waals surface area (Å²) in [6.45, 7) is 10.4. The number of carbonyl (C=O) groups excluding carboxylic acids is 1. The van der Waals surface area contributed by atoms with Gasteiger partial charge in [0.1, 0.15) is 4.88 Å². The molecule has 20 heavy (non-hydrogen) atoms. The predicted octanol–water partition coefficient (Wildman–Crippen LogP) is 3.91. The van der Waals surface area contributed by atoms with Crippen LogP contribution in [-0.2, 0) is 6.42 Å². The van der Waals surface area contributed by atoms with Crippen molar-refractivity contribution in [3.63, 3.8) is 0 Å². The molecule has 4 heteroatoms. The molecule has 1 aromatic heterocycles. The molecule has 112 valence electrons. The molecular weight excluding hydrogens is 268 g/mol. The summed E-state index contributed by atoms with van der Waals surface area (Å²) in [5.41, 5.74) is 0.911. The van der Waals surface area contributed by atoms with E-state index in [1.54, 1.807) is 11.3 Å². The zero-order valence-electron chi connectivity index (χ0n) is 13.1. The highest BCUT2D eigenvalue weighted by atomic mass is 32.1. The summed E-state index contributed by atoms with van der Waals surface area (Å²) in [6, 6.07) is 0. The number of rotatable bonds is 4. The lowest BCUT2D eigenvalue weighted by atomic mass is 9.95. The Hall–Kier alpha value is -0.900. The number of aryl methyl sites for hydroxylation is 1. The zero-order valence-corrected chi connectivity index (χ0v) is 13.9. The average Bonchev–Trinajstić information content (AvgIpc) is 2.77. The van der Waals surface area contributed by atoms with Gasteiger partial charge >= 0.3 is 0 Å². The van der Waals surface area contributed by atoms with Crippen molar-refractivity contribution in [2.75, 3.05) is 13.1 Å². The Balaban J connectivity index is 2.10. The van der Waals surface area contributed by atoms with E-state index < -0.39 is 0 Å². The number of thiazole rings is 1. The average molecular weight is 294 g/mol. The summed E-state index contributed by atoms with van der Waals surface area (Å²) in [4.78, 5) is 20.2. The summed E-state index contributed by atoms with van der Waals surface area (Å²) in [5, 5.41) is 1.10. The molecule has 1 aromatic rings. The quantitative estimate of drug-likeness (QED) is 0.843. The van der Waals surface area contributed by atoms with Gasteiger partial charge in [-0.2, -0.15) is 0 Å². The van der Waals surface area contributed by atoms with Gasteiger partial charge in [0.05, 0.1) is 10.7 Å². The van der Waals surface area contributed by atoms with Crippen LogP contribution < -0.4 is 0 Å². The molecule has 1 amide bonds. The fourth-order valence-electron chi connectivity index (χ4n) is 2.81. The molecule has 0 aromatic carbocycles. The van der Waals surface area contributed by atoms with Crippen molar-refractivity contribution in [2.24, 2.45) is 11.8 Å². The van der Waals surface area contributed by atoms with Crippen LogP contribution in [0, 0.1) is 18.8 Å². The largest absolute Gasteiger partial charge is 0.338 e. The molecule has 0 spiro atoms. The molecule has 3 nitrogen and oxygen atoms in total. The standard InChI is InChI=1S/C16H26N2OS/c1-5-13-7-6-8-18(10-13)16(19)15-12(4)17-14(20-15)9-11(2)3/h11,13H,5-10H2,1-4H3. The van der Waals surface area contributed by atoms with Crippen LogP contribution in [0.2, 0.25) is 0 Å². The Morgan fingerprint density at radius 1 is 1.50 bits per heavy atom. The Labute approximate surface area is 126 Å². The molecule has 0 saturated carbocycles. The van der Waals surface area contributed by atoms with Gasteiger partial charge in [-0.15, -0.1) is 11.3 Å². The number of carbonyl (C=O) groups is 1. The van der Waals surface area contributed by atoms with Gasteiger partial charge in [0.15, 0.2) is 0 Å². The first kappa shape index (κ1) is 15.5. The van der Waals surface area contributed by atoms with E-state index in [4.69, 9.17) is 0 Å². The van der Waals surface area contributed by atoms with E-state index >= 15 is 0 Å². The highest BCUT2D eigenvalue weighted by molar-refractivity contribution is 7.13. The third-order valence-corrected chi connectivity index (χ3v) is 5.17. The minimum atomic E-state index is 0.202. The van der Waals surface area contributed by atoms with Crippen molar-refractivity contribution >= 4 is 17.2 Å². The summed E-state index contributed by atoms with van der Waals surface area (Å²) in [6.07, 6.45) is 4.54. The molecule has 0 aliphatic carbocycles. The van der Waals surface area contributed by atoms with Gasteiger partial charge < -0.3 is 4.90 Å². The third kappa shape index (κ3) is 3.60. The topological polar surface area (TPSA) is 33.2 Å². The van der Waals surface area contributed by atoms with Crippen LogP contribution in [0.5, 0.6) is 0 Å². The third-order valence-electron chi connectivity index (χ3n) is 4.00. The maximum Gasteiger partial charge on any atom is 0.265 e. The molecule has 0 radical (unpaired) electrons. The summed E-state index contributed by atoms with van der Waals surface area (Å²) in [7, 11) is 0. The highest BCUT2D eigenvalue weighted by Crippen LogP contribution is 2.26. The molecule has 1 atom stereocenters. The Bertz CT molecular complexity index is 467. The van der Waals surface area contributed by atoms with Gasteiger partial charge in [0.2, 0.25) is 0 Å². The van der Waals surface area contributed by atoms with E-state index in [1.807, 2.05) is 11.8 Å². The number of amides is 1. The molecule has 0 bridgehead atoms. The highest BCUT2D eigenvalue weighted by Gasteiger charge is 2.26. The second kappa shape index (κ2) is 6.70. The lowest BCUT2D eigenvalue weighted by Crippen LogP contribution is -2.39. The van der Waals surface area contributed by atoms with Gasteiger partial charge in [0.25, 0.3) is 5.91 Å². The monoisotopic (exact) mass is 294 g/mol. The van der Waals surface area contributed by atoms with Crippen LogP contribution >= 0.6 is 11.3 Å². The second-order valence-electron chi connectivity index (χ2n) is 6.29. The minimum absolute atomic E-state index is 0.202. The molecule has 1 aliphatic heterocycles. The van der Waals surface area contributed by atoms with Gasteiger partial charge in [0, 0.05) is 19.5 Å². The zero-order chi connectivity index (χ0) is 14.7. The van der Waals surface area contributed by atoms with Crippen LogP contribution in [0.15, 0.2) is 0 Å². The molecule has 1 fully saturated rings. The van der Waals surface area contributed by atoms with Crippen molar-refractivity contribution in [2.45, 2.75) is 53.4 Å². The van der Waals surface area contributed by atoms with E-state index in [0.29, 0.717) is 11.8 Å². The molecule has 1 saturated heterocycles. The van der Waals surface area contributed by atoms with Crippen LogP contribution in [-0.4, -0.2) is 28.9 Å². The number of hydrogen-bond donors (Lipinski definition) is 0. The normalized spacial score (nSPS) is 19.6. The van der Waals surface area contributed by atoms with Crippen molar-refractivity contribution < 1.29 is 4.79 Å². The Kier molecular flexibility index (Phi) is 5.19. The Morgan fingerprint density at radius 3 is 2.90 bits per heavy atom. The van der Waals surface area contributed by atoms with Crippen LogP contribution in [0.3, 0.4) is 0 Å². The Morgan fingerprint density at radius 2 is 2.25 bits per heavy atom. The summed E-state index contributed by atoms with van der Waals surface area (Å²) < 4.78 is 0. The fourth-order valence-corrected chi connectivity index (χ4v) is 4.06. The van der Waals surface area contributed by atoms with Gasteiger partial charge in [-0.25, -0.2) is 4.98 Å². The van der Waals surface area contributed by atoms with E-state index in [-0.39, 0.29) is 5.91 Å². The van der Waals surface area contributed by atoms with Gasteiger partial charge in [-0.3, -0.25) is 4.79 Å². The van der Waals surface area contributed by atoms with Crippen molar-refractivity contribution in [1.82, 2.24) is 9.88 Å². The lowest BCUT2D eigenvalue weighted by Gasteiger charge is -2.32. The maximum atomic E-state index is 12.7. The van der Waals surface area contributed by atoms with E-state index in [2.05, 4.69) is 25.8 Å². The maximum absolute atomic E-state index is 12.7. The molecular formula is C16H26N2OS. The molecule has 1 aliphatic rings. The predicted molar refractivity (Wildman–Crippen MR) is 84.3 cm³/mol. The van der Waals surface area contributed by atoms with E-state index in [0.717, 1.165) is 41.5 Å². The lowest BCUT2D eigenvalue weighted by molar-refractivity contribution is 0.0675. The van der Waals surface area contributed by atoms with Crippen LogP contribution in [0.4, 0.5) is 0 Å². The smallest absolute Gasteiger partial charge is 0.265 e. The van der Waals surface area contributed by atoms with E-state index in [1.165, 1.54) is 12.8 Å². The summed E-state index contributed by atoms with van der Waals surface area (Å²) in [5.74, 6) is 1.46. The number of aromatic nitrogens is 1. The van der Waals surface area contributed by atoms with E-state index in [9.17, 15) is 4.79 Å².